The second kappa shape index (κ2) is 6.02. The minimum absolute atomic E-state index is 0.0192. The normalized spacial score (nSPS) is 12.2. The molecule has 1 aromatic heterocycles. The summed E-state index contributed by atoms with van der Waals surface area (Å²) in [5.41, 5.74) is 1.65. The number of benzene rings is 1. The van der Waals surface area contributed by atoms with Crippen LogP contribution >= 0.6 is 15.9 Å². The van der Waals surface area contributed by atoms with Gasteiger partial charge in [-0.3, -0.25) is 9.48 Å². The van der Waals surface area contributed by atoms with E-state index in [9.17, 15) is 4.79 Å². The van der Waals surface area contributed by atoms with Crippen LogP contribution in [0.3, 0.4) is 0 Å². The maximum absolute atomic E-state index is 12.2. The van der Waals surface area contributed by atoms with Gasteiger partial charge in [0.25, 0.3) is 5.91 Å². The lowest BCUT2D eigenvalue weighted by Crippen LogP contribution is -2.36. The molecule has 1 heterocycles. The van der Waals surface area contributed by atoms with E-state index in [2.05, 4.69) is 26.3 Å². The topological polar surface area (TPSA) is 46.9 Å². The molecule has 1 amide bonds. The number of nitrogens with zero attached hydrogens (tertiary/aromatic N) is 2. The van der Waals surface area contributed by atoms with Gasteiger partial charge in [-0.1, -0.05) is 22.0 Å². The number of aromatic nitrogens is 2. The van der Waals surface area contributed by atoms with E-state index in [4.69, 9.17) is 0 Å². The number of carbonyl (C=O) groups excluding carboxylic acids is 1. The molecule has 0 bridgehead atoms. The zero-order valence-electron chi connectivity index (χ0n) is 10.9. The lowest BCUT2D eigenvalue weighted by Gasteiger charge is -2.15. The minimum atomic E-state index is -0.0570. The van der Waals surface area contributed by atoms with Gasteiger partial charge in [0.1, 0.15) is 0 Å². The summed E-state index contributed by atoms with van der Waals surface area (Å²) >= 11 is 3.44. The number of carbonyl (C=O) groups is 1. The van der Waals surface area contributed by atoms with E-state index in [1.807, 2.05) is 44.3 Å². The molecule has 2 aromatic rings. The molecule has 1 unspecified atom stereocenters. The molecule has 0 fully saturated rings. The van der Waals surface area contributed by atoms with Crippen molar-refractivity contribution in [3.05, 3.63) is 52.3 Å². The summed E-state index contributed by atoms with van der Waals surface area (Å²) < 4.78 is 2.75. The van der Waals surface area contributed by atoms with E-state index in [1.165, 1.54) is 0 Å². The van der Waals surface area contributed by atoms with Crippen LogP contribution in [-0.2, 0) is 6.54 Å². The van der Waals surface area contributed by atoms with Crippen molar-refractivity contribution in [2.75, 3.05) is 0 Å². The SMILES string of the molecule is Cc1c(Br)cccc1C(=O)NC(C)Cn1cccn1. The van der Waals surface area contributed by atoms with Crippen LogP contribution in [0.15, 0.2) is 41.1 Å². The van der Waals surface area contributed by atoms with Crippen LogP contribution in [0.2, 0.25) is 0 Å². The van der Waals surface area contributed by atoms with Gasteiger partial charge in [0.2, 0.25) is 0 Å². The van der Waals surface area contributed by atoms with Gasteiger partial charge in [0, 0.05) is 28.5 Å². The van der Waals surface area contributed by atoms with Crippen molar-refractivity contribution in [3.8, 4) is 0 Å². The van der Waals surface area contributed by atoms with Gasteiger partial charge >= 0.3 is 0 Å². The maximum atomic E-state index is 12.2. The van der Waals surface area contributed by atoms with E-state index in [0.29, 0.717) is 12.1 Å². The molecule has 19 heavy (non-hydrogen) atoms. The van der Waals surface area contributed by atoms with Gasteiger partial charge in [0.15, 0.2) is 0 Å². The van der Waals surface area contributed by atoms with Crippen LogP contribution in [0.5, 0.6) is 0 Å². The average Bonchev–Trinajstić information content (AvgIpc) is 2.85. The van der Waals surface area contributed by atoms with E-state index >= 15 is 0 Å². The molecule has 1 atom stereocenters. The van der Waals surface area contributed by atoms with Gasteiger partial charge in [-0.05, 0) is 37.6 Å². The molecule has 100 valence electrons. The quantitative estimate of drug-likeness (QED) is 0.941. The molecule has 0 radical (unpaired) electrons. The molecule has 1 N–H and O–H groups in total. The van der Waals surface area contributed by atoms with Gasteiger partial charge in [-0.2, -0.15) is 5.10 Å². The fourth-order valence-electron chi connectivity index (χ4n) is 1.89. The average molecular weight is 322 g/mol. The molecule has 0 aliphatic carbocycles. The summed E-state index contributed by atoms with van der Waals surface area (Å²) in [4.78, 5) is 12.2. The van der Waals surface area contributed by atoms with Crippen LogP contribution in [0, 0.1) is 6.92 Å². The summed E-state index contributed by atoms with van der Waals surface area (Å²) in [6.45, 7) is 4.55. The Morgan fingerprint density at radius 1 is 1.47 bits per heavy atom. The number of hydrogen-bond donors (Lipinski definition) is 1. The number of amides is 1. The standard InChI is InChI=1S/C14H16BrN3O/c1-10(9-18-8-4-7-16-18)17-14(19)12-5-3-6-13(15)11(12)2/h3-8,10H,9H2,1-2H3,(H,17,19). The van der Waals surface area contributed by atoms with Crippen molar-refractivity contribution in [3.63, 3.8) is 0 Å². The van der Waals surface area contributed by atoms with Crippen LogP contribution in [-0.4, -0.2) is 21.7 Å². The lowest BCUT2D eigenvalue weighted by molar-refractivity contribution is 0.0935. The zero-order valence-corrected chi connectivity index (χ0v) is 12.5. The Hall–Kier alpha value is -1.62. The second-order valence-electron chi connectivity index (χ2n) is 4.52. The van der Waals surface area contributed by atoms with Crippen molar-refractivity contribution in [1.82, 2.24) is 15.1 Å². The molecule has 4 nitrogen and oxygen atoms in total. The number of hydrogen-bond acceptors (Lipinski definition) is 2. The van der Waals surface area contributed by atoms with Crippen molar-refractivity contribution in [2.45, 2.75) is 26.4 Å². The predicted molar refractivity (Wildman–Crippen MR) is 78.0 cm³/mol. The third-order valence-electron chi connectivity index (χ3n) is 2.91. The molecule has 0 spiro atoms. The van der Waals surface area contributed by atoms with E-state index in [1.54, 1.807) is 10.9 Å². The van der Waals surface area contributed by atoms with Crippen molar-refractivity contribution >= 4 is 21.8 Å². The van der Waals surface area contributed by atoms with Gasteiger partial charge in [-0.25, -0.2) is 0 Å². The summed E-state index contributed by atoms with van der Waals surface area (Å²) in [7, 11) is 0. The van der Waals surface area contributed by atoms with Gasteiger partial charge in [0.05, 0.1) is 6.54 Å². The third kappa shape index (κ3) is 3.44. The largest absolute Gasteiger partial charge is 0.348 e. The Kier molecular flexibility index (Phi) is 4.37. The third-order valence-corrected chi connectivity index (χ3v) is 3.77. The monoisotopic (exact) mass is 321 g/mol. The van der Waals surface area contributed by atoms with Crippen LogP contribution in [0.1, 0.15) is 22.8 Å². The highest BCUT2D eigenvalue weighted by molar-refractivity contribution is 9.10. The summed E-state index contributed by atoms with van der Waals surface area (Å²) in [5, 5.41) is 7.11. The van der Waals surface area contributed by atoms with Gasteiger partial charge < -0.3 is 5.32 Å². The first-order chi connectivity index (χ1) is 9.08. The number of rotatable bonds is 4. The van der Waals surface area contributed by atoms with Gasteiger partial charge in [-0.15, -0.1) is 0 Å². The maximum Gasteiger partial charge on any atom is 0.251 e. The summed E-state index contributed by atoms with van der Waals surface area (Å²) in [6, 6.07) is 7.51. The Morgan fingerprint density at radius 3 is 2.95 bits per heavy atom. The molecule has 0 saturated heterocycles. The Balaban J connectivity index is 2.02. The highest BCUT2D eigenvalue weighted by Gasteiger charge is 2.13. The van der Waals surface area contributed by atoms with E-state index < -0.39 is 0 Å². The van der Waals surface area contributed by atoms with Crippen LogP contribution in [0.25, 0.3) is 0 Å². The number of nitrogens with one attached hydrogen (secondary N) is 1. The van der Waals surface area contributed by atoms with Crippen molar-refractivity contribution < 1.29 is 4.79 Å². The van der Waals surface area contributed by atoms with Crippen LogP contribution in [0.4, 0.5) is 0 Å². The predicted octanol–water partition coefficient (Wildman–Crippen LogP) is 2.77. The van der Waals surface area contributed by atoms with E-state index in [0.717, 1.165) is 10.0 Å². The van der Waals surface area contributed by atoms with Crippen LogP contribution < -0.4 is 5.32 Å². The Bertz CT molecular complexity index is 566. The summed E-state index contributed by atoms with van der Waals surface area (Å²) in [6.07, 6.45) is 3.61. The molecular weight excluding hydrogens is 306 g/mol. The van der Waals surface area contributed by atoms with Crippen molar-refractivity contribution in [1.29, 1.82) is 0 Å². The lowest BCUT2D eigenvalue weighted by atomic mass is 10.1. The second-order valence-corrected chi connectivity index (χ2v) is 5.37. The first-order valence-corrected chi connectivity index (χ1v) is 6.90. The fourth-order valence-corrected chi connectivity index (χ4v) is 2.26. The highest BCUT2D eigenvalue weighted by Crippen LogP contribution is 2.19. The Labute approximate surface area is 120 Å². The molecule has 2 rings (SSSR count). The van der Waals surface area contributed by atoms with Crippen molar-refractivity contribution in [2.24, 2.45) is 0 Å². The molecule has 0 aliphatic heterocycles. The zero-order chi connectivity index (χ0) is 13.8. The smallest absolute Gasteiger partial charge is 0.251 e. The molecule has 1 aromatic carbocycles. The molecule has 5 heteroatoms. The first-order valence-electron chi connectivity index (χ1n) is 6.11. The molecule has 0 saturated carbocycles. The fraction of sp³-hybridized carbons (Fsp3) is 0.286. The Morgan fingerprint density at radius 2 is 2.26 bits per heavy atom. The first kappa shape index (κ1) is 13.8. The summed E-state index contributed by atoms with van der Waals surface area (Å²) in [5.74, 6) is -0.0570. The molecular formula is C14H16BrN3O. The molecule has 0 aliphatic rings. The number of halogens is 1. The minimum Gasteiger partial charge on any atom is -0.348 e. The van der Waals surface area contributed by atoms with E-state index in [-0.39, 0.29) is 11.9 Å². The highest BCUT2D eigenvalue weighted by atomic mass is 79.9.